The Morgan fingerprint density at radius 1 is 1.00 bits per heavy atom. The van der Waals surface area contributed by atoms with Crippen LogP contribution in [0.25, 0.3) is 10.6 Å². The van der Waals surface area contributed by atoms with E-state index in [9.17, 15) is 4.79 Å². The monoisotopic (exact) mass is 374 g/mol. The summed E-state index contributed by atoms with van der Waals surface area (Å²) < 4.78 is 5.47. The van der Waals surface area contributed by atoms with Crippen LogP contribution >= 0.6 is 11.3 Å². The van der Waals surface area contributed by atoms with Crippen molar-refractivity contribution in [1.29, 1.82) is 0 Å². The molecule has 0 saturated carbocycles. The molecule has 0 unspecified atom stereocenters. The van der Waals surface area contributed by atoms with Crippen molar-refractivity contribution in [2.24, 2.45) is 0 Å². The number of carbonyl (C=O) groups is 1. The van der Waals surface area contributed by atoms with Gasteiger partial charge in [-0.1, -0.05) is 48.5 Å². The summed E-state index contributed by atoms with van der Waals surface area (Å²) in [5.41, 5.74) is 2.58. The lowest BCUT2D eigenvalue weighted by molar-refractivity contribution is 0.0986. The second-order valence-electron chi connectivity index (χ2n) is 6.11. The summed E-state index contributed by atoms with van der Waals surface area (Å²) in [6.45, 7) is 2.25. The number of para-hydroxylation sites is 1. The predicted molar refractivity (Wildman–Crippen MR) is 108 cm³/mol. The molecule has 27 heavy (non-hydrogen) atoms. The molecule has 2 aromatic heterocycles. The highest BCUT2D eigenvalue weighted by Gasteiger charge is 2.24. The van der Waals surface area contributed by atoms with E-state index in [0.717, 1.165) is 27.7 Å². The first kappa shape index (κ1) is 17.2. The fourth-order valence-electron chi connectivity index (χ4n) is 2.87. The SMILES string of the molecule is Cc1nc(-c2ccccc2)sc1C(=O)N(Cc1ccco1)c1ccccc1. The molecule has 0 atom stereocenters. The average Bonchev–Trinajstić information content (AvgIpc) is 3.36. The van der Waals surface area contributed by atoms with Gasteiger partial charge in [-0.3, -0.25) is 4.79 Å². The van der Waals surface area contributed by atoms with Gasteiger partial charge in [0.05, 0.1) is 18.5 Å². The molecule has 4 rings (SSSR count). The maximum Gasteiger partial charge on any atom is 0.270 e. The Morgan fingerprint density at radius 2 is 1.70 bits per heavy atom. The maximum absolute atomic E-state index is 13.4. The van der Waals surface area contributed by atoms with Gasteiger partial charge in [0.1, 0.15) is 15.6 Å². The van der Waals surface area contributed by atoms with Gasteiger partial charge < -0.3 is 9.32 Å². The second-order valence-corrected chi connectivity index (χ2v) is 7.10. The Labute approximate surface area is 161 Å². The van der Waals surface area contributed by atoms with Crippen molar-refractivity contribution in [3.05, 3.63) is 95.4 Å². The molecule has 0 fully saturated rings. The fraction of sp³-hybridized carbons (Fsp3) is 0.0909. The Bertz CT molecular complexity index is 1020. The Hall–Kier alpha value is -3.18. The number of benzene rings is 2. The predicted octanol–water partition coefficient (Wildman–Crippen LogP) is 5.56. The van der Waals surface area contributed by atoms with Gasteiger partial charge in [-0.25, -0.2) is 4.98 Å². The van der Waals surface area contributed by atoms with Crippen LogP contribution in [-0.2, 0) is 6.54 Å². The number of anilines is 1. The second kappa shape index (κ2) is 7.60. The molecule has 5 heteroatoms. The summed E-state index contributed by atoms with van der Waals surface area (Å²) in [7, 11) is 0. The summed E-state index contributed by atoms with van der Waals surface area (Å²) in [4.78, 5) is 20.4. The fourth-order valence-corrected chi connectivity index (χ4v) is 3.89. The lowest BCUT2D eigenvalue weighted by atomic mass is 10.2. The van der Waals surface area contributed by atoms with Crippen LogP contribution in [0, 0.1) is 6.92 Å². The molecule has 0 radical (unpaired) electrons. The number of rotatable bonds is 5. The third kappa shape index (κ3) is 3.68. The zero-order chi connectivity index (χ0) is 18.6. The van der Waals surface area contributed by atoms with E-state index >= 15 is 0 Å². The maximum atomic E-state index is 13.4. The van der Waals surface area contributed by atoms with E-state index in [-0.39, 0.29) is 5.91 Å². The van der Waals surface area contributed by atoms with Crippen molar-refractivity contribution in [2.45, 2.75) is 13.5 Å². The van der Waals surface area contributed by atoms with Crippen LogP contribution in [0.4, 0.5) is 5.69 Å². The molecule has 0 bridgehead atoms. The number of thiazole rings is 1. The minimum Gasteiger partial charge on any atom is -0.467 e. The van der Waals surface area contributed by atoms with E-state index in [2.05, 4.69) is 4.98 Å². The van der Waals surface area contributed by atoms with Gasteiger partial charge in [0.25, 0.3) is 5.91 Å². The van der Waals surface area contributed by atoms with Crippen LogP contribution in [0.15, 0.2) is 83.5 Å². The summed E-state index contributed by atoms with van der Waals surface area (Å²) in [6.07, 6.45) is 1.62. The molecule has 1 amide bonds. The Morgan fingerprint density at radius 3 is 2.37 bits per heavy atom. The van der Waals surface area contributed by atoms with Crippen LogP contribution < -0.4 is 4.90 Å². The summed E-state index contributed by atoms with van der Waals surface area (Å²) in [5.74, 6) is 0.660. The Kier molecular flexibility index (Phi) is 4.85. The molecule has 134 valence electrons. The van der Waals surface area contributed by atoms with Gasteiger partial charge in [-0.2, -0.15) is 0 Å². The van der Waals surface area contributed by atoms with Gasteiger partial charge in [-0.05, 0) is 31.2 Å². The number of amides is 1. The van der Waals surface area contributed by atoms with Crippen LogP contribution in [0.3, 0.4) is 0 Å². The highest BCUT2D eigenvalue weighted by atomic mass is 32.1. The summed E-state index contributed by atoms with van der Waals surface area (Å²) in [5, 5.41) is 0.850. The van der Waals surface area contributed by atoms with E-state index in [4.69, 9.17) is 4.42 Å². The number of hydrogen-bond donors (Lipinski definition) is 0. The molecule has 4 nitrogen and oxygen atoms in total. The molecule has 0 saturated heterocycles. The van der Waals surface area contributed by atoms with E-state index in [1.54, 1.807) is 11.2 Å². The van der Waals surface area contributed by atoms with Crippen molar-refractivity contribution < 1.29 is 9.21 Å². The number of aryl methyl sites for hydroxylation is 1. The number of carbonyl (C=O) groups excluding carboxylic acids is 1. The molecule has 2 aromatic carbocycles. The first-order valence-electron chi connectivity index (χ1n) is 8.64. The lowest BCUT2D eigenvalue weighted by Gasteiger charge is -2.21. The minimum absolute atomic E-state index is 0.0743. The van der Waals surface area contributed by atoms with Crippen LogP contribution in [0.5, 0.6) is 0 Å². The third-order valence-electron chi connectivity index (χ3n) is 4.22. The minimum atomic E-state index is -0.0743. The van der Waals surface area contributed by atoms with Crippen molar-refractivity contribution in [2.75, 3.05) is 4.90 Å². The standard InChI is InChI=1S/C22H18N2O2S/c1-16-20(27-21(23-16)17-9-4-2-5-10-17)22(25)24(15-19-13-8-14-26-19)18-11-6-3-7-12-18/h2-14H,15H2,1H3. The number of nitrogens with zero attached hydrogens (tertiary/aromatic N) is 2. The molecular formula is C22H18N2O2S. The molecule has 0 aliphatic heterocycles. The normalized spacial score (nSPS) is 10.7. The van der Waals surface area contributed by atoms with Gasteiger partial charge >= 0.3 is 0 Å². The van der Waals surface area contributed by atoms with Crippen LogP contribution in [0.2, 0.25) is 0 Å². The molecule has 4 aromatic rings. The number of aromatic nitrogens is 1. The van der Waals surface area contributed by atoms with Crippen molar-refractivity contribution >= 4 is 22.9 Å². The third-order valence-corrected chi connectivity index (χ3v) is 5.41. The molecule has 0 aliphatic carbocycles. The number of hydrogen-bond acceptors (Lipinski definition) is 4. The molecular weight excluding hydrogens is 356 g/mol. The highest BCUT2D eigenvalue weighted by molar-refractivity contribution is 7.17. The lowest BCUT2D eigenvalue weighted by Crippen LogP contribution is -2.30. The Balaban J connectivity index is 1.70. The summed E-state index contributed by atoms with van der Waals surface area (Å²) in [6, 6.07) is 23.3. The van der Waals surface area contributed by atoms with Crippen LogP contribution in [0.1, 0.15) is 21.1 Å². The highest BCUT2D eigenvalue weighted by Crippen LogP contribution is 2.30. The zero-order valence-electron chi connectivity index (χ0n) is 14.8. The van der Waals surface area contributed by atoms with E-state index in [1.165, 1.54) is 11.3 Å². The average molecular weight is 374 g/mol. The van der Waals surface area contributed by atoms with Gasteiger partial charge in [0, 0.05) is 11.3 Å². The molecule has 0 spiro atoms. The molecule has 2 heterocycles. The molecule has 0 N–H and O–H groups in total. The van der Waals surface area contributed by atoms with E-state index in [1.807, 2.05) is 79.7 Å². The van der Waals surface area contributed by atoms with Gasteiger partial charge in [0.15, 0.2) is 0 Å². The zero-order valence-corrected chi connectivity index (χ0v) is 15.6. The van der Waals surface area contributed by atoms with Crippen molar-refractivity contribution in [3.63, 3.8) is 0 Å². The van der Waals surface area contributed by atoms with Gasteiger partial charge in [-0.15, -0.1) is 11.3 Å². The smallest absolute Gasteiger partial charge is 0.270 e. The van der Waals surface area contributed by atoms with Crippen molar-refractivity contribution in [1.82, 2.24) is 4.98 Å². The van der Waals surface area contributed by atoms with E-state index in [0.29, 0.717) is 11.4 Å². The first-order valence-corrected chi connectivity index (χ1v) is 9.46. The quantitative estimate of drug-likeness (QED) is 0.459. The first-order chi connectivity index (χ1) is 13.2. The largest absolute Gasteiger partial charge is 0.467 e. The van der Waals surface area contributed by atoms with Crippen LogP contribution in [-0.4, -0.2) is 10.9 Å². The van der Waals surface area contributed by atoms with Gasteiger partial charge in [0.2, 0.25) is 0 Å². The van der Waals surface area contributed by atoms with Crippen molar-refractivity contribution in [3.8, 4) is 10.6 Å². The summed E-state index contributed by atoms with van der Waals surface area (Å²) >= 11 is 1.42. The van der Waals surface area contributed by atoms with E-state index < -0.39 is 0 Å². The number of furan rings is 1. The molecule has 0 aliphatic rings. The topological polar surface area (TPSA) is 46.3 Å².